The summed E-state index contributed by atoms with van der Waals surface area (Å²) in [6.07, 6.45) is 3.27. The van der Waals surface area contributed by atoms with E-state index >= 15 is 0 Å². The lowest BCUT2D eigenvalue weighted by Gasteiger charge is -2.21. The van der Waals surface area contributed by atoms with Gasteiger partial charge in [-0.25, -0.2) is 4.39 Å². The number of hydrogen-bond acceptors (Lipinski definition) is 1. The van der Waals surface area contributed by atoms with Crippen molar-refractivity contribution in [2.45, 2.75) is 46.1 Å². The molecule has 0 amide bonds. The SMILES string of the molecule is CCC(CC)CNC(CC)c1ccccc1F. The zero-order valence-corrected chi connectivity index (χ0v) is 11.2. The van der Waals surface area contributed by atoms with Crippen molar-refractivity contribution < 1.29 is 4.39 Å². The van der Waals surface area contributed by atoms with Crippen LogP contribution in [0.2, 0.25) is 0 Å². The van der Waals surface area contributed by atoms with E-state index in [9.17, 15) is 4.39 Å². The molecule has 0 spiro atoms. The predicted octanol–water partition coefficient (Wildman–Crippen LogP) is 4.30. The van der Waals surface area contributed by atoms with Crippen LogP contribution in [0.4, 0.5) is 4.39 Å². The highest BCUT2D eigenvalue weighted by atomic mass is 19.1. The van der Waals surface area contributed by atoms with Crippen LogP contribution in [-0.4, -0.2) is 6.54 Å². The first-order valence-corrected chi connectivity index (χ1v) is 6.70. The molecule has 0 aliphatic carbocycles. The maximum absolute atomic E-state index is 13.7. The molecule has 1 N–H and O–H groups in total. The van der Waals surface area contributed by atoms with Crippen molar-refractivity contribution >= 4 is 0 Å². The minimum absolute atomic E-state index is 0.101. The summed E-state index contributed by atoms with van der Waals surface area (Å²) in [6.45, 7) is 7.48. The molecule has 0 fully saturated rings. The summed E-state index contributed by atoms with van der Waals surface area (Å²) in [6, 6.07) is 7.20. The molecule has 96 valence electrons. The zero-order valence-electron chi connectivity index (χ0n) is 11.2. The Morgan fingerprint density at radius 3 is 2.24 bits per heavy atom. The fraction of sp³-hybridized carbons (Fsp3) is 0.600. The monoisotopic (exact) mass is 237 g/mol. The van der Waals surface area contributed by atoms with Crippen LogP contribution in [-0.2, 0) is 0 Å². The first-order chi connectivity index (χ1) is 8.22. The van der Waals surface area contributed by atoms with Crippen molar-refractivity contribution in [1.82, 2.24) is 5.32 Å². The predicted molar refractivity (Wildman–Crippen MR) is 71.5 cm³/mol. The van der Waals surface area contributed by atoms with E-state index in [4.69, 9.17) is 0 Å². The Balaban J connectivity index is 2.63. The Kier molecular flexibility index (Phi) is 6.20. The number of halogens is 1. The largest absolute Gasteiger partial charge is 0.310 e. The minimum Gasteiger partial charge on any atom is -0.310 e. The summed E-state index contributed by atoms with van der Waals surface area (Å²) >= 11 is 0. The molecule has 17 heavy (non-hydrogen) atoms. The van der Waals surface area contributed by atoms with E-state index in [-0.39, 0.29) is 11.9 Å². The highest BCUT2D eigenvalue weighted by Crippen LogP contribution is 2.20. The topological polar surface area (TPSA) is 12.0 Å². The van der Waals surface area contributed by atoms with Crippen LogP contribution < -0.4 is 5.32 Å². The van der Waals surface area contributed by atoms with Gasteiger partial charge in [-0.05, 0) is 24.9 Å². The van der Waals surface area contributed by atoms with Crippen LogP contribution in [0, 0.1) is 11.7 Å². The molecule has 0 aliphatic rings. The normalized spacial score (nSPS) is 13.0. The van der Waals surface area contributed by atoms with Crippen LogP contribution >= 0.6 is 0 Å². The molecule has 0 bridgehead atoms. The second-order valence-corrected chi connectivity index (χ2v) is 4.57. The summed E-state index contributed by atoms with van der Waals surface area (Å²) < 4.78 is 13.7. The number of benzene rings is 1. The Labute approximate surface area is 104 Å². The molecule has 0 saturated heterocycles. The first kappa shape index (κ1) is 14.2. The average Bonchev–Trinajstić information content (AvgIpc) is 2.36. The number of hydrogen-bond donors (Lipinski definition) is 1. The van der Waals surface area contributed by atoms with Crippen molar-refractivity contribution in [2.75, 3.05) is 6.54 Å². The lowest BCUT2D eigenvalue weighted by molar-refractivity contribution is 0.399. The highest BCUT2D eigenvalue weighted by molar-refractivity contribution is 5.21. The zero-order chi connectivity index (χ0) is 12.7. The van der Waals surface area contributed by atoms with Gasteiger partial charge in [0.2, 0.25) is 0 Å². The third kappa shape index (κ3) is 4.12. The van der Waals surface area contributed by atoms with Crippen molar-refractivity contribution in [3.8, 4) is 0 Å². The van der Waals surface area contributed by atoms with Crippen LogP contribution in [0.25, 0.3) is 0 Å². The molecule has 0 aromatic heterocycles. The Morgan fingerprint density at radius 1 is 1.06 bits per heavy atom. The van der Waals surface area contributed by atoms with Crippen LogP contribution in [0.15, 0.2) is 24.3 Å². The van der Waals surface area contributed by atoms with Gasteiger partial charge in [0.25, 0.3) is 0 Å². The summed E-state index contributed by atoms with van der Waals surface area (Å²) in [5.41, 5.74) is 0.793. The van der Waals surface area contributed by atoms with Gasteiger partial charge in [0.05, 0.1) is 0 Å². The Morgan fingerprint density at radius 2 is 1.71 bits per heavy atom. The smallest absolute Gasteiger partial charge is 0.127 e. The molecular formula is C15H24FN. The van der Waals surface area contributed by atoms with Crippen LogP contribution in [0.5, 0.6) is 0 Å². The van der Waals surface area contributed by atoms with Crippen molar-refractivity contribution in [3.63, 3.8) is 0 Å². The molecule has 0 radical (unpaired) electrons. The third-order valence-electron chi connectivity index (χ3n) is 3.50. The Hall–Kier alpha value is -0.890. The molecule has 0 heterocycles. The van der Waals surface area contributed by atoms with Gasteiger partial charge in [-0.15, -0.1) is 0 Å². The van der Waals surface area contributed by atoms with Gasteiger partial charge in [-0.2, -0.15) is 0 Å². The van der Waals surface area contributed by atoms with Gasteiger partial charge >= 0.3 is 0 Å². The second-order valence-electron chi connectivity index (χ2n) is 4.57. The van der Waals surface area contributed by atoms with Crippen LogP contribution in [0.1, 0.15) is 51.6 Å². The summed E-state index contributed by atoms with van der Waals surface area (Å²) in [5, 5.41) is 3.49. The Bertz CT molecular complexity index is 320. The molecule has 1 aromatic rings. The quantitative estimate of drug-likeness (QED) is 0.745. The highest BCUT2D eigenvalue weighted by Gasteiger charge is 2.14. The number of rotatable bonds is 7. The fourth-order valence-corrected chi connectivity index (χ4v) is 2.12. The lowest BCUT2D eigenvalue weighted by Crippen LogP contribution is -2.27. The van der Waals surface area contributed by atoms with Gasteiger partial charge < -0.3 is 5.32 Å². The molecule has 0 aliphatic heterocycles. The van der Waals surface area contributed by atoms with E-state index in [1.807, 2.05) is 12.1 Å². The number of nitrogens with one attached hydrogen (secondary N) is 1. The second kappa shape index (κ2) is 7.44. The lowest BCUT2D eigenvalue weighted by atomic mass is 10.00. The molecule has 1 atom stereocenters. The van der Waals surface area contributed by atoms with E-state index in [1.165, 1.54) is 18.9 Å². The maximum Gasteiger partial charge on any atom is 0.127 e. The fourth-order valence-electron chi connectivity index (χ4n) is 2.12. The van der Waals surface area contributed by atoms with Crippen molar-refractivity contribution in [1.29, 1.82) is 0 Å². The molecule has 2 heteroatoms. The van der Waals surface area contributed by atoms with Crippen molar-refractivity contribution in [3.05, 3.63) is 35.6 Å². The average molecular weight is 237 g/mol. The molecular weight excluding hydrogens is 213 g/mol. The first-order valence-electron chi connectivity index (χ1n) is 6.70. The van der Waals surface area contributed by atoms with E-state index < -0.39 is 0 Å². The van der Waals surface area contributed by atoms with Gasteiger partial charge in [-0.3, -0.25) is 0 Å². The molecule has 0 saturated carbocycles. The molecule has 1 rings (SSSR count). The van der Waals surface area contributed by atoms with E-state index in [0.29, 0.717) is 5.92 Å². The van der Waals surface area contributed by atoms with E-state index in [1.54, 1.807) is 6.07 Å². The molecule has 1 aromatic carbocycles. The van der Waals surface area contributed by atoms with Gasteiger partial charge in [-0.1, -0.05) is 51.8 Å². The molecule has 1 nitrogen and oxygen atoms in total. The van der Waals surface area contributed by atoms with Gasteiger partial charge in [0.1, 0.15) is 5.82 Å². The summed E-state index contributed by atoms with van der Waals surface area (Å²) in [7, 11) is 0. The van der Waals surface area contributed by atoms with E-state index in [0.717, 1.165) is 18.5 Å². The third-order valence-corrected chi connectivity index (χ3v) is 3.50. The summed E-state index contributed by atoms with van der Waals surface area (Å²) in [5.74, 6) is 0.590. The van der Waals surface area contributed by atoms with Gasteiger partial charge in [0, 0.05) is 11.6 Å². The van der Waals surface area contributed by atoms with Gasteiger partial charge in [0.15, 0.2) is 0 Å². The maximum atomic E-state index is 13.7. The summed E-state index contributed by atoms with van der Waals surface area (Å²) in [4.78, 5) is 0. The molecule has 1 unspecified atom stereocenters. The minimum atomic E-state index is -0.101. The van der Waals surface area contributed by atoms with E-state index in [2.05, 4.69) is 26.1 Å². The standard InChI is InChI=1S/C15H24FN/c1-4-12(5-2)11-17-15(6-3)13-9-7-8-10-14(13)16/h7-10,12,15,17H,4-6,11H2,1-3H3. The van der Waals surface area contributed by atoms with Crippen molar-refractivity contribution in [2.24, 2.45) is 5.92 Å². The van der Waals surface area contributed by atoms with Crippen LogP contribution in [0.3, 0.4) is 0 Å².